The third-order valence-electron chi connectivity index (χ3n) is 3.64. The van der Waals surface area contributed by atoms with Gasteiger partial charge in [-0.2, -0.15) is 0 Å². The number of nitro benzene ring substituents is 1. The van der Waals surface area contributed by atoms with Gasteiger partial charge in [-0.15, -0.1) is 11.3 Å². The van der Waals surface area contributed by atoms with E-state index in [2.05, 4.69) is 15.6 Å². The summed E-state index contributed by atoms with van der Waals surface area (Å²) in [4.78, 5) is 27.2. The Morgan fingerprint density at radius 2 is 2.08 bits per heavy atom. The first-order chi connectivity index (χ1) is 12.5. The molecule has 0 aliphatic carbocycles. The Morgan fingerprint density at radius 3 is 2.81 bits per heavy atom. The van der Waals surface area contributed by atoms with Crippen molar-refractivity contribution in [1.82, 2.24) is 4.98 Å². The summed E-state index contributed by atoms with van der Waals surface area (Å²) in [7, 11) is 0. The predicted molar refractivity (Wildman–Crippen MR) is 106 cm³/mol. The van der Waals surface area contributed by atoms with E-state index in [-0.39, 0.29) is 11.6 Å². The van der Waals surface area contributed by atoms with E-state index in [0.29, 0.717) is 5.69 Å². The Kier molecular flexibility index (Phi) is 5.38. The minimum absolute atomic E-state index is 0.0661. The maximum Gasteiger partial charge on any atom is 0.271 e. The summed E-state index contributed by atoms with van der Waals surface area (Å²) in [6.07, 6.45) is 1.98. The van der Waals surface area contributed by atoms with Crippen LogP contribution in [-0.2, 0) is 4.79 Å². The number of benzene rings is 2. The lowest BCUT2D eigenvalue weighted by molar-refractivity contribution is -0.384. The van der Waals surface area contributed by atoms with E-state index in [0.717, 1.165) is 20.2 Å². The highest BCUT2D eigenvalue weighted by Crippen LogP contribution is 2.30. The molecule has 1 atom stereocenters. The Hall–Kier alpha value is -2.65. The van der Waals surface area contributed by atoms with Gasteiger partial charge in [-0.1, -0.05) is 17.8 Å². The van der Waals surface area contributed by atoms with Crippen LogP contribution in [0, 0.1) is 10.1 Å². The van der Waals surface area contributed by atoms with Crippen LogP contribution in [0.2, 0.25) is 0 Å². The van der Waals surface area contributed by atoms with E-state index < -0.39 is 11.0 Å². The lowest BCUT2D eigenvalue weighted by atomic mass is 10.2. The Morgan fingerprint density at radius 1 is 1.27 bits per heavy atom. The van der Waals surface area contributed by atoms with Crippen LogP contribution in [-0.4, -0.2) is 28.1 Å². The van der Waals surface area contributed by atoms with Crippen molar-refractivity contribution in [2.75, 3.05) is 16.9 Å². The number of rotatable bonds is 6. The van der Waals surface area contributed by atoms with Gasteiger partial charge in [0, 0.05) is 23.5 Å². The molecule has 3 aromatic rings. The van der Waals surface area contributed by atoms with Gasteiger partial charge < -0.3 is 10.6 Å². The van der Waals surface area contributed by atoms with Crippen molar-refractivity contribution in [3.8, 4) is 0 Å². The number of hydrogen-bond donors (Lipinski definition) is 2. The van der Waals surface area contributed by atoms with Gasteiger partial charge in [0.25, 0.3) is 5.69 Å². The standard InChI is InChI=1S/C17H16N4O3S2/c1-10(16(22)19-11-4-3-5-13(8-11)21(23)24)18-12-6-7-14-15(9-12)26-17(20-14)25-2/h3-10,18H,1-2H3,(H,19,22)/t10-/m0/s1. The number of nitro groups is 1. The van der Waals surface area contributed by atoms with Crippen LogP contribution in [0.25, 0.3) is 10.2 Å². The highest BCUT2D eigenvalue weighted by Gasteiger charge is 2.15. The van der Waals surface area contributed by atoms with Crippen LogP contribution in [0.3, 0.4) is 0 Å². The van der Waals surface area contributed by atoms with E-state index in [1.165, 1.54) is 18.2 Å². The molecule has 0 radical (unpaired) electrons. The third-order valence-corrected chi connectivity index (χ3v) is 5.65. The number of aromatic nitrogens is 1. The molecule has 1 heterocycles. The van der Waals surface area contributed by atoms with Gasteiger partial charge in [0.2, 0.25) is 5.91 Å². The number of amides is 1. The Labute approximate surface area is 158 Å². The molecular formula is C17H16N4O3S2. The number of carbonyl (C=O) groups is 1. The maximum absolute atomic E-state index is 12.4. The molecular weight excluding hydrogens is 372 g/mol. The van der Waals surface area contributed by atoms with E-state index in [4.69, 9.17) is 0 Å². The molecule has 2 aromatic carbocycles. The molecule has 0 spiro atoms. The zero-order valence-electron chi connectivity index (χ0n) is 14.1. The number of nitrogens with zero attached hydrogens (tertiary/aromatic N) is 2. The van der Waals surface area contributed by atoms with Crippen molar-refractivity contribution in [3.63, 3.8) is 0 Å². The fourth-order valence-corrected chi connectivity index (χ4v) is 3.87. The zero-order chi connectivity index (χ0) is 18.7. The summed E-state index contributed by atoms with van der Waals surface area (Å²) in [5.74, 6) is -0.278. The average Bonchev–Trinajstić information content (AvgIpc) is 3.04. The number of thioether (sulfide) groups is 1. The largest absolute Gasteiger partial charge is 0.374 e. The van der Waals surface area contributed by atoms with Crippen molar-refractivity contribution in [2.45, 2.75) is 17.3 Å². The number of non-ortho nitro benzene ring substituents is 1. The molecule has 7 nitrogen and oxygen atoms in total. The maximum atomic E-state index is 12.4. The van der Waals surface area contributed by atoms with Crippen LogP contribution in [0.15, 0.2) is 46.8 Å². The Bertz CT molecular complexity index is 974. The van der Waals surface area contributed by atoms with E-state index in [1.807, 2.05) is 24.5 Å². The molecule has 0 aliphatic heterocycles. The van der Waals surface area contributed by atoms with Crippen molar-refractivity contribution in [2.24, 2.45) is 0 Å². The van der Waals surface area contributed by atoms with Gasteiger partial charge in [0.1, 0.15) is 6.04 Å². The van der Waals surface area contributed by atoms with Crippen LogP contribution in [0.4, 0.5) is 17.1 Å². The summed E-state index contributed by atoms with van der Waals surface area (Å²) >= 11 is 3.20. The van der Waals surface area contributed by atoms with Crippen LogP contribution < -0.4 is 10.6 Å². The molecule has 0 saturated heterocycles. The molecule has 1 aromatic heterocycles. The quantitative estimate of drug-likeness (QED) is 0.370. The highest BCUT2D eigenvalue weighted by molar-refractivity contribution is 8.00. The first-order valence-corrected chi connectivity index (χ1v) is 9.77. The zero-order valence-corrected chi connectivity index (χ0v) is 15.7. The number of carbonyl (C=O) groups excluding carboxylic acids is 1. The van der Waals surface area contributed by atoms with Gasteiger partial charge in [-0.25, -0.2) is 4.98 Å². The number of fused-ring (bicyclic) bond motifs is 1. The normalized spacial score (nSPS) is 11.9. The number of hydrogen-bond acceptors (Lipinski definition) is 7. The molecule has 3 rings (SSSR count). The van der Waals surface area contributed by atoms with Crippen LogP contribution in [0.5, 0.6) is 0 Å². The minimum atomic E-state index is -0.514. The summed E-state index contributed by atoms with van der Waals surface area (Å²) in [6.45, 7) is 1.73. The predicted octanol–water partition coefficient (Wildman–Crippen LogP) is 4.37. The second kappa shape index (κ2) is 7.71. The minimum Gasteiger partial charge on any atom is -0.374 e. The summed E-state index contributed by atoms with van der Waals surface area (Å²) in [6, 6.07) is 11.1. The molecule has 2 N–H and O–H groups in total. The second-order valence-corrected chi connectivity index (χ2v) is 7.61. The summed E-state index contributed by atoms with van der Waals surface area (Å²) < 4.78 is 2.04. The molecule has 0 saturated carbocycles. The van der Waals surface area contributed by atoms with Gasteiger partial charge >= 0.3 is 0 Å². The smallest absolute Gasteiger partial charge is 0.271 e. The molecule has 0 bridgehead atoms. The first-order valence-electron chi connectivity index (χ1n) is 7.72. The lowest BCUT2D eigenvalue weighted by Gasteiger charge is -2.15. The summed E-state index contributed by atoms with van der Waals surface area (Å²) in [5.41, 5.74) is 2.07. The average molecular weight is 388 g/mol. The third kappa shape index (κ3) is 4.12. The van der Waals surface area contributed by atoms with Crippen molar-refractivity contribution < 1.29 is 9.72 Å². The number of nitrogens with one attached hydrogen (secondary N) is 2. The molecule has 26 heavy (non-hydrogen) atoms. The number of thiazole rings is 1. The van der Waals surface area contributed by atoms with Crippen molar-refractivity contribution in [3.05, 3.63) is 52.6 Å². The fourth-order valence-electron chi connectivity index (χ4n) is 2.34. The molecule has 0 aliphatic rings. The molecule has 0 fully saturated rings. The monoisotopic (exact) mass is 388 g/mol. The van der Waals surface area contributed by atoms with Crippen LogP contribution >= 0.6 is 23.1 Å². The second-order valence-electron chi connectivity index (χ2n) is 5.53. The van der Waals surface area contributed by atoms with Gasteiger partial charge in [0.05, 0.1) is 15.1 Å². The van der Waals surface area contributed by atoms with Crippen molar-refractivity contribution >= 4 is 56.3 Å². The molecule has 1 amide bonds. The highest BCUT2D eigenvalue weighted by atomic mass is 32.2. The van der Waals surface area contributed by atoms with E-state index in [1.54, 1.807) is 36.1 Å². The van der Waals surface area contributed by atoms with Gasteiger partial charge in [-0.05, 0) is 37.4 Å². The van der Waals surface area contributed by atoms with E-state index in [9.17, 15) is 14.9 Å². The SMILES string of the molecule is CSc1nc2ccc(N[C@@H](C)C(=O)Nc3cccc([N+](=O)[O-])c3)cc2s1. The number of anilines is 2. The van der Waals surface area contributed by atoms with Gasteiger partial charge in [-0.3, -0.25) is 14.9 Å². The molecule has 9 heteroatoms. The molecule has 134 valence electrons. The Balaban J connectivity index is 1.69. The fraction of sp³-hybridized carbons (Fsp3) is 0.176. The first kappa shape index (κ1) is 18.2. The molecule has 0 unspecified atom stereocenters. The van der Waals surface area contributed by atoms with E-state index >= 15 is 0 Å². The summed E-state index contributed by atoms with van der Waals surface area (Å²) in [5, 5.41) is 16.7. The van der Waals surface area contributed by atoms with Gasteiger partial charge in [0.15, 0.2) is 4.34 Å². The van der Waals surface area contributed by atoms with Crippen molar-refractivity contribution in [1.29, 1.82) is 0 Å². The van der Waals surface area contributed by atoms with Crippen LogP contribution in [0.1, 0.15) is 6.92 Å². The lowest BCUT2D eigenvalue weighted by Crippen LogP contribution is -2.31. The topological polar surface area (TPSA) is 97.2 Å².